The molecule has 0 amide bonds. The van der Waals surface area contributed by atoms with Crippen LogP contribution in [0, 0.1) is 6.92 Å². The smallest absolute Gasteiger partial charge is 0.123 e. The van der Waals surface area contributed by atoms with Crippen molar-refractivity contribution in [1.82, 2.24) is 10.3 Å². The molecule has 1 aromatic heterocycles. The summed E-state index contributed by atoms with van der Waals surface area (Å²) < 4.78 is 0. The highest BCUT2D eigenvalue weighted by Gasteiger charge is 2.03. The van der Waals surface area contributed by atoms with Crippen molar-refractivity contribution in [2.45, 2.75) is 20.4 Å². The summed E-state index contributed by atoms with van der Waals surface area (Å²) in [6.07, 6.45) is 0. The highest BCUT2D eigenvalue weighted by Crippen LogP contribution is 2.23. The summed E-state index contributed by atoms with van der Waals surface area (Å²) in [5.74, 6) is 0. The lowest BCUT2D eigenvalue weighted by Gasteiger charge is -1.97. The van der Waals surface area contributed by atoms with Crippen LogP contribution in [0.5, 0.6) is 0 Å². The van der Waals surface area contributed by atoms with E-state index in [-0.39, 0.29) is 0 Å². The molecular weight excluding hydrogens is 216 g/mol. The summed E-state index contributed by atoms with van der Waals surface area (Å²) in [4.78, 5) is 4.60. The number of aromatic nitrogens is 1. The van der Waals surface area contributed by atoms with Gasteiger partial charge in [0.2, 0.25) is 0 Å². The maximum absolute atomic E-state index is 4.60. The van der Waals surface area contributed by atoms with Crippen LogP contribution < -0.4 is 5.32 Å². The van der Waals surface area contributed by atoms with Gasteiger partial charge in [-0.3, -0.25) is 0 Å². The molecule has 2 aromatic rings. The molecule has 0 saturated heterocycles. The fourth-order valence-electron chi connectivity index (χ4n) is 1.47. The largest absolute Gasteiger partial charge is 0.311 e. The molecule has 0 atom stereocenters. The van der Waals surface area contributed by atoms with Gasteiger partial charge < -0.3 is 5.32 Å². The highest BCUT2D eigenvalue weighted by molar-refractivity contribution is 7.13. The lowest BCUT2D eigenvalue weighted by Crippen LogP contribution is -2.11. The second-order valence-electron chi connectivity index (χ2n) is 3.79. The van der Waals surface area contributed by atoms with Crippen molar-refractivity contribution in [3.05, 3.63) is 40.9 Å². The van der Waals surface area contributed by atoms with Crippen LogP contribution in [-0.4, -0.2) is 11.5 Å². The Morgan fingerprint density at radius 1 is 1.25 bits per heavy atom. The molecule has 0 aliphatic heterocycles. The molecule has 0 bridgehead atoms. The van der Waals surface area contributed by atoms with E-state index in [1.54, 1.807) is 11.3 Å². The minimum Gasteiger partial charge on any atom is -0.311 e. The first kappa shape index (κ1) is 11.3. The predicted octanol–water partition coefficient (Wildman–Crippen LogP) is 3.23. The first-order valence-electron chi connectivity index (χ1n) is 5.51. The topological polar surface area (TPSA) is 24.9 Å². The standard InChI is InChI=1S/C13H16N2S/c1-3-14-8-12-9-16-13(15-12)11-6-4-10(2)5-7-11/h4-7,9,14H,3,8H2,1-2H3. The van der Waals surface area contributed by atoms with Gasteiger partial charge in [0.05, 0.1) is 5.69 Å². The van der Waals surface area contributed by atoms with Crippen molar-refractivity contribution in [2.75, 3.05) is 6.54 Å². The van der Waals surface area contributed by atoms with Crippen LogP contribution in [0.2, 0.25) is 0 Å². The van der Waals surface area contributed by atoms with Gasteiger partial charge in [-0.2, -0.15) is 0 Å². The molecule has 0 unspecified atom stereocenters. The molecule has 84 valence electrons. The molecule has 2 rings (SSSR count). The lowest BCUT2D eigenvalue weighted by molar-refractivity contribution is 0.715. The number of hydrogen-bond donors (Lipinski definition) is 1. The van der Waals surface area contributed by atoms with Gasteiger partial charge in [0.1, 0.15) is 5.01 Å². The third-order valence-electron chi connectivity index (χ3n) is 2.41. The van der Waals surface area contributed by atoms with Crippen molar-refractivity contribution in [2.24, 2.45) is 0 Å². The molecule has 0 aliphatic carbocycles. The number of hydrogen-bond acceptors (Lipinski definition) is 3. The SMILES string of the molecule is CCNCc1csc(-c2ccc(C)cc2)n1. The van der Waals surface area contributed by atoms with Crippen LogP contribution in [0.25, 0.3) is 10.6 Å². The Labute approximate surface area is 100 Å². The Hall–Kier alpha value is -1.19. The highest BCUT2D eigenvalue weighted by atomic mass is 32.1. The van der Waals surface area contributed by atoms with Crippen LogP contribution in [0.4, 0.5) is 0 Å². The van der Waals surface area contributed by atoms with E-state index in [1.807, 2.05) is 0 Å². The second kappa shape index (κ2) is 5.23. The Balaban J connectivity index is 2.15. The molecule has 1 aromatic carbocycles. The van der Waals surface area contributed by atoms with Crippen LogP contribution in [-0.2, 0) is 6.54 Å². The van der Waals surface area contributed by atoms with E-state index in [1.165, 1.54) is 11.1 Å². The quantitative estimate of drug-likeness (QED) is 0.875. The number of rotatable bonds is 4. The number of aryl methyl sites for hydroxylation is 1. The number of benzene rings is 1. The summed E-state index contributed by atoms with van der Waals surface area (Å²) in [7, 11) is 0. The maximum Gasteiger partial charge on any atom is 0.123 e. The number of nitrogens with one attached hydrogen (secondary N) is 1. The van der Waals surface area contributed by atoms with Crippen LogP contribution in [0.1, 0.15) is 18.2 Å². The molecule has 2 nitrogen and oxygen atoms in total. The van der Waals surface area contributed by atoms with Crippen molar-refractivity contribution < 1.29 is 0 Å². The molecular formula is C13H16N2S. The van der Waals surface area contributed by atoms with Gasteiger partial charge in [0, 0.05) is 17.5 Å². The lowest BCUT2D eigenvalue weighted by atomic mass is 10.2. The number of thiazole rings is 1. The Morgan fingerprint density at radius 3 is 2.69 bits per heavy atom. The zero-order valence-corrected chi connectivity index (χ0v) is 10.5. The molecule has 1 N–H and O–H groups in total. The molecule has 3 heteroatoms. The first-order valence-corrected chi connectivity index (χ1v) is 6.39. The summed E-state index contributed by atoms with van der Waals surface area (Å²) in [5, 5.41) is 6.51. The number of nitrogens with zero attached hydrogens (tertiary/aromatic N) is 1. The Bertz CT molecular complexity index is 445. The zero-order chi connectivity index (χ0) is 11.4. The van der Waals surface area contributed by atoms with E-state index < -0.39 is 0 Å². The van der Waals surface area contributed by atoms with Gasteiger partial charge in [-0.1, -0.05) is 36.8 Å². The monoisotopic (exact) mass is 232 g/mol. The van der Waals surface area contributed by atoms with Gasteiger partial charge in [-0.05, 0) is 13.5 Å². The van der Waals surface area contributed by atoms with E-state index in [4.69, 9.17) is 0 Å². The summed E-state index contributed by atoms with van der Waals surface area (Å²) >= 11 is 1.71. The Morgan fingerprint density at radius 2 is 2.00 bits per heavy atom. The van der Waals surface area contributed by atoms with Gasteiger partial charge >= 0.3 is 0 Å². The van der Waals surface area contributed by atoms with E-state index >= 15 is 0 Å². The average molecular weight is 232 g/mol. The van der Waals surface area contributed by atoms with Crippen molar-refractivity contribution in [3.63, 3.8) is 0 Å². The van der Waals surface area contributed by atoms with E-state index in [0.29, 0.717) is 0 Å². The third-order valence-corrected chi connectivity index (χ3v) is 3.35. The van der Waals surface area contributed by atoms with Gasteiger partial charge in [-0.25, -0.2) is 4.98 Å². The Kier molecular flexibility index (Phi) is 3.70. The first-order chi connectivity index (χ1) is 7.79. The van der Waals surface area contributed by atoms with E-state index in [2.05, 4.69) is 53.8 Å². The van der Waals surface area contributed by atoms with Crippen LogP contribution >= 0.6 is 11.3 Å². The van der Waals surface area contributed by atoms with Gasteiger partial charge in [-0.15, -0.1) is 11.3 Å². The molecule has 16 heavy (non-hydrogen) atoms. The molecule has 0 spiro atoms. The molecule has 0 radical (unpaired) electrons. The zero-order valence-electron chi connectivity index (χ0n) is 9.66. The predicted molar refractivity (Wildman–Crippen MR) is 69.7 cm³/mol. The fourth-order valence-corrected chi connectivity index (χ4v) is 2.30. The van der Waals surface area contributed by atoms with Crippen molar-refractivity contribution >= 4 is 11.3 Å². The minimum absolute atomic E-state index is 0.860. The summed E-state index contributed by atoms with van der Waals surface area (Å²) in [6, 6.07) is 8.51. The van der Waals surface area contributed by atoms with E-state index in [9.17, 15) is 0 Å². The minimum atomic E-state index is 0.860. The normalized spacial score (nSPS) is 10.6. The molecule has 0 fully saturated rings. The molecule has 1 heterocycles. The second-order valence-corrected chi connectivity index (χ2v) is 4.65. The maximum atomic E-state index is 4.60. The average Bonchev–Trinajstić information content (AvgIpc) is 2.76. The van der Waals surface area contributed by atoms with Crippen molar-refractivity contribution in [3.8, 4) is 10.6 Å². The van der Waals surface area contributed by atoms with Crippen molar-refractivity contribution in [1.29, 1.82) is 0 Å². The van der Waals surface area contributed by atoms with E-state index in [0.717, 1.165) is 23.8 Å². The fraction of sp³-hybridized carbons (Fsp3) is 0.308. The summed E-state index contributed by atoms with van der Waals surface area (Å²) in [6.45, 7) is 6.05. The van der Waals surface area contributed by atoms with Gasteiger partial charge in [0.15, 0.2) is 0 Å². The van der Waals surface area contributed by atoms with Crippen LogP contribution in [0.3, 0.4) is 0 Å². The molecule has 0 saturated carbocycles. The van der Waals surface area contributed by atoms with Gasteiger partial charge in [0.25, 0.3) is 0 Å². The van der Waals surface area contributed by atoms with Crippen LogP contribution in [0.15, 0.2) is 29.6 Å². The summed E-state index contributed by atoms with van der Waals surface area (Å²) in [5.41, 5.74) is 3.62. The molecule has 0 aliphatic rings. The third kappa shape index (κ3) is 2.68.